The summed E-state index contributed by atoms with van der Waals surface area (Å²) in [4.78, 5) is 10.4. The number of rotatable bonds is 5. The summed E-state index contributed by atoms with van der Waals surface area (Å²) in [5.74, 6) is 0.637. The van der Waals surface area contributed by atoms with E-state index in [-0.39, 0.29) is 4.90 Å². The Morgan fingerprint density at radius 2 is 1.85 bits per heavy atom. The standard InChI is InChI=1S/C17H13F3N4O2S/c1-23-15(9-11-5-3-2-4-6-11)21-22-16(23)27-14-8-7-12(17(18,19)20)10-13(14)24(25)26/h2-8,10H,9H2,1H3. The first-order valence-corrected chi connectivity index (χ1v) is 8.53. The van der Waals surface area contributed by atoms with Gasteiger partial charge in [0, 0.05) is 19.5 Å². The van der Waals surface area contributed by atoms with E-state index in [4.69, 9.17) is 0 Å². The van der Waals surface area contributed by atoms with E-state index < -0.39 is 22.4 Å². The summed E-state index contributed by atoms with van der Waals surface area (Å²) in [6.07, 6.45) is -4.14. The van der Waals surface area contributed by atoms with E-state index in [9.17, 15) is 23.3 Å². The molecule has 1 aromatic heterocycles. The number of halogens is 3. The number of alkyl halides is 3. The van der Waals surface area contributed by atoms with Gasteiger partial charge in [-0.2, -0.15) is 13.2 Å². The third kappa shape index (κ3) is 4.27. The molecule has 140 valence electrons. The molecule has 2 aromatic carbocycles. The minimum atomic E-state index is -4.65. The molecule has 0 aliphatic carbocycles. The summed E-state index contributed by atoms with van der Waals surface area (Å²) >= 11 is 0.900. The Hall–Kier alpha value is -2.88. The zero-order valence-electron chi connectivity index (χ0n) is 14.0. The monoisotopic (exact) mass is 394 g/mol. The second kappa shape index (κ2) is 7.39. The van der Waals surface area contributed by atoms with Gasteiger partial charge in [-0.15, -0.1) is 10.2 Å². The third-order valence-electron chi connectivity index (χ3n) is 3.81. The first-order chi connectivity index (χ1) is 12.8. The molecule has 1 heterocycles. The van der Waals surface area contributed by atoms with Gasteiger partial charge >= 0.3 is 6.18 Å². The van der Waals surface area contributed by atoms with Crippen molar-refractivity contribution in [2.75, 3.05) is 0 Å². The summed E-state index contributed by atoms with van der Waals surface area (Å²) in [7, 11) is 1.70. The average molecular weight is 394 g/mol. The predicted octanol–water partition coefficient (Wildman–Crippen LogP) is 4.48. The molecule has 0 N–H and O–H groups in total. The quantitative estimate of drug-likeness (QED) is 0.471. The molecule has 0 unspecified atom stereocenters. The maximum absolute atomic E-state index is 12.8. The van der Waals surface area contributed by atoms with E-state index in [0.29, 0.717) is 23.5 Å². The largest absolute Gasteiger partial charge is 0.416 e. The number of nitrogens with zero attached hydrogens (tertiary/aromatic N) is 4. The third-order valence-corrected chi connectivity index (χ3v) is 4.92. The van der Waals surface area contributed by atoms with E-state index in [0.717, 1.165) is 29.5 Å². The molecule has 27 heavy (non-hydrogen) atoms. The molecule has 0 aliphatic heterocycles. The molecular weight excluding hydrogens is 381 g/mol. The van der Waals surface area contributed by atoms with Gasteiger partial charge in [-0.25, -0.2) is 0 Å². The van der Waals surface area contributed by atoms with Crippen LogP contribution in [0.15, 0.2) is 58.6 Å². The fraction of sp³-hybridized carbons (Fsp3) is 0.176. The van der Waals surface area contributed by atoms with Crippen LogP contribution in [0.25, 0.3) is 0 Å². The highest BCUT2D eigenvalue weighted by Gasteiger charge is 2.33. The normalized spacial score (nSPS) is 11.6. The van der Waals surface area contributed by atoms with Gasteiger partial charge in [0.1, 0.15) is 5.82 Å². The average Bonchev–Trinajstić information content (AvgIpc) is 2.95. The van der Waals surface area contributed by atoms with Crippen LogP contribution >= 0.6 is 11.8 Å². The topological polar surface area (TPSA) is 73.8 Å². The van der Waals surface area contributed by atoms with E-state index in [2.05, 4.69) is 10.2 Å². The zero-order valence-corrected chi connectivity index (χ0v) is 14.8. The Morgan fingerprint density at radius 3 is 2.48 bits per heavy atom. The molecule has 3 rings (SSSR count). The van der Waals surface area contributed by atoms with Crippen molar-refractivity contribution < 1.29 is 18.1 Å². The van der Waals surface area contributed by atoms with Gasteiger partial charge in [0.05, 0.1) is 15.4 Å². The van der Waals surface area contributed by atoms with Gasteiger partial charge in [0.25, 0.3) is 5.69 Å². The van der Waals surface area contributed by atoms with Gasteiger partial charge in [-0.3, -0.25) is 10.1 Å². The lowest BCUT2D eigenvalue weighted by atomic mass is 10.1. The Labute approximate surface area is 156 Å². The first-order valence-electron chi connectivity index (χ1n) is 7.71. The van der Waals surface area contributed by atoms with Crippen molar-refractivity contribution in [1.29, 1.82) is 0 Å². The molecule has 0 radical (unpaired) electrons. The van der Waals surface area contributed by atoms with Crippen LogP contribution < -0.4 is 0 Å². The lowest BCUT2D eigenvalue weighted by Gasteiger charge is -2.08. The molecule has 0 amide bonds. The molecule has 3 aromatic rings. The number of benzene rings is 2. The highest BCUT2D eigenvalue weighted by atomic mass is 32.2. The number of hydrogen-bond acceptors (Lipinski definition) is 5. The number of aromatic nitrogens is 3. The lowest BCUT2D eigenvalue weighted by Crippen LogP contribution is -2.06. The Bertz CT molecular complexity index is 974. The van der Waals surface area contributed by atoms with Crippen molar-refractivity contribution in [3.8, 4) is 0 Å². The van der Waals surface area contributed by atoms with E-state index in [1.165, 1.54) is 0 Å². The summed E-state index contributed by atoms with van der Waals surface area (Å²) in [6.45, 7) is 0. The van der Waals surface area contributed by atoms with Crippen LogP contribution in [0.5, 0.6) is 0 Å². The van der Waals surface area contributed by atoms with Crippen molar-refractivity contribution in [2.45, 2.75) is 22.6 Å². The van der Waals surface area contributed by atoms with Gasteiger partial charge in [0.15, 0.2) is 5.16 Å². The Balaban J connectivity index is 1.88. The molecule has 0 atom stereocenters. The second-order valence-corrected chi connectivity index (χ2v) is 6.67. The molecule has 0 aliphatic rings. The molecule has 0 fully saturated rings. The van der Waals surface area contributed by atoms with Crippen LogP contribution in [0, 0.1) is 10.1 Å². The van der Waals surface area contributed by atoms with Crippen LogP contribution in [0.4, 0.5) is 18.9 Å². The maximum atomic E-state index is 12.8. The van der Waals surface area contributed by atoms with Gasteiger partial charge in [-0.05, 0) is 29.5 Å². The fourth-order valence-electron chi connectivity index (χ4n) is 2.39. The summed E-state index contributed by atoms with van der Waals surface area (Å²) in [5, 5.41) is 19.6. The van der Waals surface area contributed by atoms with Crippen molar-refractivity contribution in [3.63, 3.8) is 0 Å². The summed E-state index contributed by atoms with van der Waals surface area (Å²) < 4.78 is 40.1. The lowest BCUT2D eigenvalue weighted by molar-refractivity contribution is -0.388. The van der Waals surface area contributed by atoms with Crippen molar-refractivity contribution in [2.24, 2.45) is 7.05 Å². The molecule has 0 saturated carbocycles. The minimum absolute atomic E-state index is 0.0646. The van der Waals surface area contributed by atoms with E-state index in [1.54, 1.807) is 11.6 Å². The zero-order chi connectivity index (χ0) is 19.6. The smallest absolute Gasteiger partial charge is 0.309 e. The predicted molar refractivity (Wildman–Crippen MR) is 92.5 cm³/mol. The van der Waals surface area contributed by atoms with Gasteiger partial charge in [0.2, 0.25) is 0 Å². The minimum Gasteiger partial charge on any atom is -0.309 e. The fourth-order valence-corrected chi connectivity index (χ4v) is 3.28. The molecular formula is C17H13F3N4O2S. The molecule has 10 heteroatoms. The number of nitro groups is 1. The molecule has 0 bridgehead atoms. The van der Waals surface area contributed by atoms with Gasteiger partial charge in [-0.1, -0.05) is 30.3 Å². The van der Waals surface area contributed by atoms with Crippen molar-refractivity contribution in [1.82, 2.24) is 14.8 Å². The molecule has 6 nitrogen and oxygen atoms in total. The number of nitro benzene ring substituents is 1. The maximum Gasteiger partial charge on any atom is 0.416 e. The SMILES string of the molecule is Cn1c(Cc2ccccc2)nnc1Sc1ccc(C(F)(F)F)cc1[N+](=O)[O-]. The van der Waals surface area contributed by atoms with Crippen LogP contribution in [-0.2, 0) is 19.6 Å². The molecule has 0 spiro atoms. The highest BCUT2D eigenvalue weighted by Crippen LogP contribution is 2.38. The van der Waals surface area contributed by atoms with E-state index >= 15 is 0 Å². The van der Waals surface area contributed by atoms with Crippen molar-refractivity contribution in [3.05, 3.63) is 75.6 Å². The Kier molecular flexibility index (Phi) is 5.17. The number of hydrogen-bond donors (Lipinski definition) is 0. The van der Waals surface area contributed by atoms with Crippen LogP contribution in [0.3, 0.4) is 0 Å². The highest BCUT2D eigenvalue weighted by molar-refractivity contribution is 7.99. The van der Waals surface area contributed by atoms with Crippen molar-refractivity contribution >= 4 is 17.4 Å². The Morgan fingerprint density at radius 1 is 1.15 bits per heavy atom. The van der Waals surface area contributed by atoms with Crippen LogP contribution in [0.1, 0.15) is 17.0 Å². The van der Waals surface area contributed by atoms with Gasteiger partial charge < -0.3 is 4.57 Å². The summed E-state index contributed by atoms with van der Waals surface area (Å²) in [5.41, 5.74) is -0.672. The van der Waals surface area contributed by atoms with E-state index in [1.807, 2.05) is 30.3 Å². The van der Waals surface area contributed by atoms with Crippen LogP contribution in [-0.4, -0.2) is 19.7 Å². The first kappa shape index (κ1) is 18.9. The summed E-state index contributed by atoms with van der Waals surface area (Å²) in [6, 6.07) is 12.0. The van der Waals surface area contributed by atoms with Crippen LogP contribution in [0.2, 0.25) is 0 Å². The second-order valence-electron chi connectivity index (χ2n) is 5.66. The molecule has 0 saturated heterocycles.